The number of hydrazone groups is 1. The van der Waals surface area contributed by atoms with Crippen LogP contribution in [0.25, 0.3) is 0 Å². The molecule has 0 aromatic heterocycles. The van der Waals surface area contributed by atoms with Crippen molar-refractivity contribution < 1.29 is 19.6 Å². The average Bonchev–Trinajstić information content (AvgIpc) is 3.12. The summed E-state index contributed by atoms with van der Waals surface area (Å²) in [5.41, 5.74) is 1.54. The molecule has 0 radical (unpaired) electrons. The van der Waals surface area contributed by atoms with Crippen LogP contribution in [-0.2, 0) is 9.59 Å². The van der Waals surface area contributed by atoms with E-state index in [0.29, 0.717) is 17.7 Å². The molecule has 1 aliphatic rings. The monoisotopic (exact) mass is 367 g/mol. The number of carboxylic acid groups (broad SMARTS) is 1. The van der Waals surface area contributed by atoms with E-state index in [1.54, 1.807) is 18.2 Å². The van der Waals surface area contributed by atoms with Gasteiger partial charge < -0.3 is 5.11 Å². The highest BCUT2D eigenvalue weighted by Crippen LogP contribution is 2.35. The third-order valence-corrected chi connectivity index (χ3v) is 4.31. The number of nitrogens with zero attached hydrogens (tertiary/aromatic N) is 3. The van der Waals surface area contributed by atoms with Crippen LogP contribution in [0.15, 0.2) is 59.7 Å². The molecule has 0 saturated carbocycles. The van der Waals surface area contributed by atoms with Gasteiger partial charge in [-0.3, -0.25) is 19.7 Å². The van der Waals surface area contributed by atoms with Gasteiger partial charge in [-0.2, -0.15) is 5.10 Å². The van der Waals surface area contributed by atoms with Crippen LogP contribution in [0, 0.1) is 10.1 Å². The Hall–Kier alpha value is -3.55. The van der Waals surface area contributed by atoms with Crippen LogP contribution in [0.3, 0.4) is 0 Å². The lowest BCUT2D eigenvalue weighted by atomic mass is 9.97. The van der Waals surface area contributed by atoms with Gasteiger partial charge in [0, 0.05) is 18.9 Å². The molecule has 0 aliphatic carbocycles. The summed E-state index contributed by atoms with van der Waals surface area (Å²) in [6.45, 7) is 0. The second kappa shape index (κ2) is 7.77. The summed E-state index contributed by atoms with van der Waals surface area (Å²) >= 11 is 0. The molecule has 1 amide bonds. The van der Waals surface area contributed by atoms with Crippen molar-refractivity contribution in [3.63, 3.8) is 0 Å². The maximum Gasteiger partial charge on any atom is 0.303 e. The number of nitro benzene ring substituents is 1. The topological polar surface area (TPSA) is 113 Å². The van der Waals surface area contributed by atoms with Gasteiger partial charge in [-0.05, 0) is 11.6 Å². The molecule has 1 aliphatic heterocycles. The Kier molecular flexibility index (Phi) is 5.25. The fourth-order valence-corrected chi connectivity index (χ4v) is 3.04. The third kappa shape index (κ3) is 4.00. The molecule has 8 heteroatoms. The first-order valence-electron chi connectivity index (χ1n) is 8.37. The van der Waals surface area contributed by atoms with Crippen LogP contribution in [-0.4, -0.2) is 32.6 Å². The summed E-state index contributed by atoms with van der Waals surface area (Å²) in [6, 6.07) is 15.0. The Bertz CT molecular complexity index is 911. The minimum atomic E-state index is -1.07. The summed E-state index contributed by atoms with van der Waals surface area (Å²) in [4.78, 5) is 34.2. The van der Waals surface area contributed by atoms with Gasteiger partial charge >= 0.3 is 5.97 Å². The molecule has 1 atom stereocenters. The van der Waals surface area contributed by atoms with Crippen molar-refractivity contribution in [1.29, 1.82) is 0 Å². The van der Waals surface area contributed by atoms with E-state index in [9.17, 15) is 19.7 Å². The summed E-state index contributed by atoms with van der Waals surface area (Å²) in [5.74, 6) is -1.50. The third-order valence-electron chi connectivity index (χ3n) is 4.31. The van der Waals surface area contributed by atoms with Crippen LogP contribution in [0.5, 0.6) is 0 Å². The number of hydrogen-bond donors (Lipinski definition) is 1. The first-order chi connectivity index (χ1) is 13.0. The standard InChI is InChI=1S/C19H17N3O5/c23-18(10-11-19(24)25)21-17(13-6-2-1-3-7-13)12-15(20-21)14-8-4-5-9-16(14)22(26)27/h1-9,17H,10-12H2,(H,24,25)/t17-/m0/s1. The first-order valence-corrected chi connectivity index (χ1v) is 8.37. The van der Waals surface area contributed by atoms with Crippen molar-refractivity contribution in [2.24, 2.45) is 5.10 Å². The average molecular weight is 367 g/mol. The molecule has 0 unspecified atom stereocenters. The zero-order chi connectivity index (χ0) is 19.4. The van der Waals surface area contributed by atoms with E-state index in [4.69, 9.17) is 5.11 Å². The predicted octanol–water partition coefficient (Wildman–Crippen LogP) is 3.14. The summed E-state index contributed by atoms with van der Waals surface area (Å²) in [6.07, 6.45) is -0.173. The number of carbonyl (C=O) groups is 2. The molecule has 1 heterocycles. The smallest absolute Gasteiger partial charge is 0.303 e. The Morgan fingerprint density at radius 2 is 1.78 bits per heavy atom. The molecule has 0 spiro atoms. The number of benzene rings is 2. The highest BCUT2D eigenvalue weighted by molar-refractivity contribution is 6.06. The van der Waals surface area contributed by atoms with Gasteiger partial charge in [0.15, 0.2) is 0 Å². The first kappa shape index (κ1) is 18.2. The Morgan fingerprint density at radius 1 is 1.11 bits per heavy atom. The van der Waals surface area contributed by atoms with Gasteiger partial charge in [0.2, 0.25) is 5.91 Å². The van der Waals surface area contributed by atoms with Crippen LogP contribution in [0.1, 0.15) is 36.4 Å². The maximum absolute atomic E-state index is 12.6. The summed E-state index contributed by atoms with van der Waals surface area (Å²) in [7, 11) is 0. The lowest BCUT2D eigenvalue weighted by molar-refractivity contribution is -0.385. The second-order valence-corrected chi connectivity index (χ2v) is 6.08. The number of hydrogen-bond acceptors (Lipinski definition) is 5. The molecule has 0 saturated heterocycles. The van der Waals surface area contributed by atoms with E-state index in [1.165, 1.54) is 11.1 Å². The Balaban J connectivity index is 1.97. The van der Waals surface area contributed by atoms with Crippen molar-refractivity contribution >= 4 is 23.3 Å². The van der Waals surface area contributed by atoms with Crippen LogP contribution >= 0.6 is 0 Å². The molecule has 3 rings (SSSR count). The number of para-hydroxylation sites is 1. The predicted molar refractivity (Wildman–Crippen MR) is 97.1 cm³/mol. The highest BCUT2D eigenvalue weighted by Gasteiger charge is 2.34. The van der Waals surface area contributed by atoms with Gasteiger partial charge in [-0.25, -0.2) is 5.01 Å². The van der Waals surface area contributed by atoms with E-state index in [0.717, 1.165) is 5.56 Å². The van der Waals surface area contributed by atoms with Crippen molar-refractivity contribution in [2.75, 3.05) is 0 Å². The number of rotatable bonds is 6. The second-order valence-electron chi connectivity index (χ2n) is 6.08. The molecule has 0 bridgehead atoms. The Morgan fingerprint density at radius 3 is 2.44 bits per heavy atom. The molecule has 138 valence electrons. The Labute approximate surface area is 154 Å². The molecule has 1 N–H and O–H groups in total. The zero-order valence-electron chi connectivity index (χ0n) is 14.3. The minimum absolute atomic E-state index is 0.0807. The lowest BCUT2D eigenvalue weighted by Gasteiger charge is -2.21. The van der Waals surface area contributed by atoms with Crippen molar-refractivity contribution in [2.45, 2.75) is 25.3 Å². The number of nitro groups is 1. The molecule has 2 aromatic rings. The van der Waals surface area contributed by atoms with Gasteiger partial charge in [0.05, 0.1) is 28.7 Å². The quantitative estimate of drug-likeness (QED) is 0.622. The van der Waals surface area contributed by atoms with Gasteiger partial charge in [-0.15, -0.1) is 0 Å². The molecular weight excluding hydrogens is 350 g/mol. The van der Waals surface area contributed by atoms with Crippen molar-refractivity contribution in [3.8, 4) is 0 Å². The van der Waals surface area contributed by atoms with Crippen LogP contribution < -0.4 is 0 Å². The van der Waals surface area contributed by atoms with E-state index < -0.39 is 22.8 Å². The van der Waals surface area contributed by atoms with E-state index in [1.807, 2.05) is 30.3 Å². The van der Waals surface area contributed by atoms with Gasteiger partial charge in [0.1, 0.15) is 0 Å². The van der Waals surface area contributed by atoms with Crippen LogP contribution in [0.4, 0.5) is 5.69 Å². The van der Waals surface area contributed by atoms with E-state index in [-0.39, 0.29) is 18.5 Å². The normalized spacial score (nSPS) is 16.1. The zero-order valence-corrected chi connectivity index (χ0v) is 14.3. The van der Waals surface area contributed by atoms with E-state index >= 15 is 0 Å². The number of carboxylic acids is 1. The largest absolute Gasteiger partial charge is 0.481 e. The van der Waals surface area contributed by atoms with Crippen molar-refractivity contribution in [3.05, 3.63) is 75.8 Å². The van der Waals surface area contributed by atoms with Gasteiger partial charge in [-0.1, -0.05) is 42.5 Å². The van der Waals surface area contributed by atoms with E-state index in [2.05, 4.69) is 5.10 Å². The van der Waals surface area contributed by atoms with Crippen LogP contribution in [0.2, 0.25) is 0 Å². The number of carbonyl (C=O) groups excluding carboxylic acids is 1. The summed E-state index contributed by atoms with van der Waals surface area (Å²) < 4.78 is 0. The SMILES string of the molecule is O=C(O)CCC(=O)N1N=C(c2ccccc2[N+](=O)[O-])C[C@H]1c1ccccc1. The highest BCUT2D eigenvalue weighted by atomic mass is 16.6. The summed E-state index contributed by atoms with van der Waals surface area (Å²) in [5, 5.41) is 25.8. The minimum Gasteiger partial charge on any atom is -0.481 e. The lowest BCUT2D eigenvalue weighted by Crippen LogP contribution is -2.27. The maximum atomic E-state index is 12.6. The fraction of sp³-hybridized carbons (Fsp3) is 0.211. The number of amides is 1. The van der Waals surface area contributed by atoms with Crippen molar-refractivity contribution in [1.82, 2.24) is 5.01 Å². The molecule has 27 heavy (non-hydrogen) atoms. The van der Waals surface area contributed by atoms with Gasteiger partial charge in [0.25, 0.3) is 5.69 Å². The number of aliphatic carboxylic acids is 1. The molecule has 2 aromatic carbocycles. The molecule has 8 nitrogen and oxygen atoms in total. The molecule has 0 fully saturated rings. The molecular formula is C19H17N3O5. The fourth-order valence-electron chi connectivity index (χ4n) is 3.04.